The second kappa shape index (κ2) is 5.00. The normalized spacial score (nSPS) is 21.7. The van der Waals surface area contributed by atoms with Gasteiger partial charge in [0.15, 0.2) is 11.5 Å². The van der Waals surface area contributed by atoms with Gasteiger partial charge in [0.25, 0.3) is 5.91 Å². The number of carbonyl (C=O) groups excluding carboxylic acids is 1. The molecule has 110 valence electrons. The van der Waals surface area contributed by atoms with Crippen molar-refractivity contribution in [3.05, 3.63) is 29.3 Å². The highest BCUT2D eigenvalue weighted by molar-refractivity contribution is 7.13. The van der Waals surface area contributed by atoms with E-state index in [0.29, 0.717) is 25.1 Å². The van der Waals surface area contributed by atoms with Gasteiger partial charge >= 0.3 is 5.97 Å². The van der Waals surface area contributed by atoms with Crippen LogP contribution in [0.1, 0.15) is 30.3 Å². The summed E-state index contributed by atoms with van der Waals surface area (Å²) in [6.07, 6.45) is 1.12. The zero-order valence-electron chi connectivity index (χ0n) is 11.4. The quantitative estimate of drug-likeness (QED) is 0.941. The summed E-state index contributed by atoms with van der Waals surface area (Å²) in [4.78, 5) is 26.2. The maximum Gasteiger partial charge on any atom is 0.329 e. The molecule has 7 heteroatoms. The van der Waals surface area contributed by atoms with Crippen molar-refractivity contribution in [2.45, 2.75) is 25.3 Å². The van der Waals surface area contributed by atoms with Crippen LogP contribution in [0.25, 0.3) is 10.6 Å². The van der Waals surface area contributed by atoms with Crippen molar-refractivity contribution < 1.29 is 19.2 Å². The molecule has 1 unspecified atom stereocenters. The van der Waals surface area contributed by atoms with Gasteiger partial charge in [-0.25, -0.2) is 4.79 Å². The molecule has 0 saturated carbocycles. The molecule has 0 bridgehead atoms. The molecule has 2 aromatic heterocycles. The Kier molecular flexibility index (Phi) is 3.29. The zero-order valence-corrected chi connectivity index (χ0v) is 12.2. The van der Waals surface area contributed by atoms with Crippen molar-refractivity contribution >= 4 is 23.2 Å². The number of carboxylic acid groups (broad SMARTS) is 1. The first kappa shape index (κ1) is 13.8. The molecule has 1 saturated heterocycles. The largest absolute Gasteiger partial charge is 0.480 e. The minimum Gasteiger partial charge on any atom is -0.480 e. The maximum atomic E-state index is 12.5. The number of carboxylic acids is 1. The Hall–Kier alpha value is -2.15. The summed E-state index contributed by atoms with van der Waals surface area (Å²) in [5.74, 6) is -0.871. The molecule has 0 aromatic carbocycles. The number of aromatic nitrogens is 1. The number of nitrogens with zero attached hydrogens (tertiary/aromatic N) is 2. The minimum absolute atomic E-state index is 0.146. The van der Waals surface area contributed by atoms with Gasteiger partial charge in [0.05, 0.1) is 4.88 Å². The van der Waals surface area contributed by atoms with E-state index in [9.17, 15) is 14.7 Å². The number of carbonyl (C=O) groups is 2. The lowest BCUT2D eigenvalue weighted by molar-refractivity contribution is -0.147. The second-order valence-electron chi connectivity index (χ2n) is 5.19. The lowest BCUT2D eigenvalue weighted by atomic mass is 9.99. The lowest BCUT2D eigenvalue weighted by Crippen LogP contribution is -2.50. The van der Waals surface area contributed by atoms with Crippen molar-refractivity contribution in [1.82, 2.24) is 10.1 Å². The maximum absolute atomic E-state index is 12.5. The predicted octanol–water partition coefficient (Wildman–Crippen LogP) is 2.48. The molecule has 2 aromatic rings. The molecule has 0 spiro atoms. The van der Waals surface area contributed by atoms with Gasteiger partial charge < -0.3 is 14.5 Å². The average molecular weight is 306 g/mol. The molecule has 0 aliphatic carbocycles. The van der Waals surface area contributed by atoms with Crippen LogP contribution in [0, 0.1) is 0 Å². The molecule has 1 amide bonds. The second-order valence-corrected chi connectivity index (χ2v) is 6.14. The zero-order chi connectivity index (χ0) is 15.0. The van der Waals surface area contributed by atoms with Crippen molar-refractivity contribution in [3.8, 4) is 10.6 Å². The van der Waals surface area contributed by atoms with E-state index in [4.69, 9.17) is 4.52 Å². The van der Waals surface area contributed by atoms with Crippen molar-refractivity contribution in [3.63, 3.8) is 0 Å². The summed E-state index contributed by atoms with van der Waals surface area (Å²) >= 11 is 1.49. The van der Waals surface area contributed by atoms with Crippen LogP contribution in [0.2, 0.25) is 0 Å². The summed E-state index contributed by atoms with van der Waals surface area (Å²) in [5, 5.41) is 15.1. The van der Waals surface area contributed by atoms with Gasteiger partial charge in [-0.3, -0.25) is 4.79 Å². The molecule has 1 aliphatic heterocycles. The fourth-order valence-corrected chi connectivity index (χ4v) is 3.23. The van der Waals surface area contributed by atoms with Gasteiger partial charge in [0.2, 0.25) is 0 Å². The third kappa shape index (κ3) is 2.23. The first-order valence-corrected chi connectivity index (χ1v) is 7.46. The van der Waals surface area contributed by atoms with Crippen LogP contribution in [-0.2, 0) is 4.79 Å². The Balaban J connectivity index is 1.87. The Morgan fingerprint density at radius 2 is 2.33 bits per heavy atom. The van der Waals surface area contributed by atoms with E-state index in [-0.39, 0.29) is 5.69 Å². The first-order chi connectivity index (χ1) is 10.0. The topological polar surface area (TPSA) is 83.6 Å². The standard InChI is InChI=1S/C14H14N2O4S/c1-14(13(18)19)5-3-6-16(14)12(17)9-8-10(20-15-9)11-4-2-7-21-11/h2,4,7-8H,3,5-6H2,1H3,(H,18,19). The van der Waals surface area contributed by atoms with Crippen LogP contribution in [0.4, 0.5) is 0 Å². The highest BCUT2D eigenvalue weighted by Crippen LogP contribution is 2.32. The molecule has 6 nitrogen and oxygen atoms in total. The molecule has 1 N–H and O–H groups in total. The van der Waals surface area contributed by atoms with E-state index in [1.807, 2.05) is 17.5 Å². The smallest absolute Gasteiger partial charge is 0.329 e. The molecule has 0 radical (unpaired) electrons. The molecular weight excluding hydrogens is 292 g/mol. The van der Waals surface area contributed by atoms with Gasteiger partial charge in [0.1, 0.15) is 5.54 Å². The third-order valence-electron chi connectivity index (χ3n) is 3.84. The van der Waals surface area contributed by atoms with E-state index in [0.717, 1.165) is 4.88 Å². The van der Waals surface area contributed by atoms with Crippen LogP contribution < -0.4 is 0 Å². The fraction of sp³-hybridized carbons (Fsp3) is 0.357. The van der Waals surface area contributed by atoms with Crippen molar-refractivity contribution in [1.29, 1.82) is 0 Å². The summed E-state index contributed by atoms with van der Waals surface area (Å²) in [5.41, 5.74) is -1.02. The van der Waals surface area contributed by atoms with Gasteiger partial charge in [-0.15, -0.1) is 11.3 Å². The number of hydrogen-bond acceptors (Lipinski definition) is 5. The number of hydrogen-bond donors (Lipinski definition) is 1. The van der Waals surface area contributed by atoms with Gasteiger partial charge in [-0.1, -0.05) is 11.2 Å². The monoisotopic (exact) mass is 306 g/mol. The highest BCUT2D eigenvalue weighted by atomic mass is 32.1. The summed E-state index contributed by atoms with van der Waals surface area (Å²) in [6.45, 7) is 1.99. The Bertz CT molecular complexity index is 679. The molecular formula is C14H14N2O4S. The number of rotatable bonds is 3. The van der Waals surface area contributed by atoms with Crippen LogP contribution in [0.15, 0.2) is 28.1 Å². The first-order valence-electron chi connectivity index (χ1n) is 6.58. The summed E-state index contributed by atoms with van der Waals surface area (Å²) in [7, 11) is 0. The van der Waals surface area contributed by atoms with Gasteiger partial charge in [0, 0.05) is 12.6 Å². The average Bonchev–Trinajstić information content (AvgIpc) is 3.18. The van der Waals surface area contributed by atoms with E-state index < -0.39 is 17.4 Å². The Morgan fingerprint density at radius 3 is 3.00 bits per heavy atom. The lowest BCUT2D eigenvalue weighted by Gasteiger charge is -2.30. The van der Waals surface area contributed by atoms with Crippen LogP contribution in [0.3, 0.4) is 0 Å². The van der Waals surface area contributed by atoms with E-state index in [2.05, 4.69) is 5.16 Å². The number of amides is 1. The van der Waals surface area contributed by atoms with Crippen LogP contribution >= 0.6 is 11.3 Å². The van der Waals surface area contributed by atoms with Gasteiger partial charge in [-0.05, 0) is 31.2 Å². The van der Waals surface area contributed by atoms with E-state index in [1.54, 1.807) is 13.0 Å². The third-order valence-corrected chi connectivity index (χ3v) is 4.72. The molecule has 1 atom stereocenters. The van der Waals surface area contributed by atoms with Crippen molar-refractivity contribution in [2.24, 2.45) is 0 Å². The van der Waals surface area contributed by atoms with E-state index >= 15 is 0 Å². The molecule has 3 rings (SSSR count). The van der Waals surface area contributed by atoms with Gasteiger partial charge in [-0.2, -0.15) is 0 Å². The Labute approximate surface area is 125 Å². The number of likely N-dealkylation sites (tertiary alicyclic amines) is 1. The molecule has 3 heterocycles. The van der Waals surface area contributed by atoms with Crippen molar-refractivity contribution in [2.75, 3.05) is 6.54 Å². The molecule has 1 fully saturated rings. The molecule has 1 aliphatic rings. The number of thiophene rings is 1. The van der Waals surface area contributed by atoms with Crippen LogP contribution in [-0.4, -0.2) is 39.1 Å². The SMILES string of the molecule is CC1(C(=O)O)CCCN1C(=O)c1cc(-c2cccs2)on1. The Morgan fingerprint density at radius 1 is 1.52 bits per heavy atom. The fourth-order valence-electron chi connectivity index (χ4n) is 2.56. The number of aliphatic carboxylic acids is 1. The van der Waals surface area contributed by atoms with E-state index in [1.165, 1.54) is 16.2 Å². The minimum atomic E-state index is -1.17. The highest BCUT2D eigenvalue weighted by Gasteiger charge is 2.46. The molecule has 21 heavy (non-hydrogen) atoms. The summed E-state index contributed by atoms with van der Waals surface area (Å²) < 4.78 is 5.18. The summed E-state index contributed by atoms with van der Waals surface area (Å²) in [6, 6.07) is 5.32. The predicted molar refractivity (Wildman–Crippen MR) is 76.1 cm³/mol. The van der Waals surface area contributed by atoms with Crippen LogP contribution in [0.5, 0.6) is 0 Å².